The average Bonchev–Trinajstić information content (AvgIpc) is 3.21. The van der Waals surface area contributed by atoms with Gasteiger partial charge < -0.3 is 14.4 Å². The summed E-state index contributed by atoms with van der Waals surface area (Å²) < 4.78 is 20.0. The van der Waals surface area contributed by atoms with Crippen molar-refractivity contribution in [2.45, 2.75) is 20.0 Å². The van der Waals surface area contributed by atoms with Gasteiger partial charge in [0.2, 0.25) is 11.7 Å². The number of rotatable bonds is 5. The molecule has 118 valence electrons. The van der Waals surface area contributed by atoms with Crippen LogP contribution in [0.15, 0.2) is 47.1 Å². The Morgan fingerprint density at radius 1 is 1.30 bits per heavy atom. The number of benzene rings is 1. The molecule has 0 aliphatic rings. The first kappa shape index (κ1) is 15.0. The average molecular weight is 314 g/mol. The van der Waals surface area contributed by atoms with E-state index in [2.05, 4.69) is 15.5 Å². The molecule has 23 heavy (non-hydrogen) atoms. The fourth-order valence-corrected chi connectivity index (χ4v) is 2.18. The van der Waals surface area contributed by atoms with Gasteiger partial charge in [0.15, 0.2) is 0 Å². The molecule has 3 rings (SSSR count). The predicted molar refractivity (Wildman–Crippen MR) is 81.0 cm³/mol. The van der Waals surface area contributed by atoms with Crippen LogP contribution in [0.3, 0.4) is 0 Å². The molecule has 7 heteroatoms. The first-order chi connectivity index (χ1) is 11.2. The fraction of sp³-hybridized carbons (Fsp3) is 0.188. The lowest BCUT2D eigenvalue weighted by molar-refractivity contribution is 0.0946. The topological polar surface area (TPSA) is 73.0 Å². The Kier molecular flexibility index (Phi) is 4.18. The Labute approximate surface area is 131 Å². The number of nitrogens with one attached hydrogen (secondary N) is 1. The summed E-state index contributed by atoms with van der Waals surface area (Å²) in [5.74, 6) is 0.0610. The monoisotopic (exact) mass is 314 g/mol. The number of hydrogen-bond donors (Lipinski definition) is 1. The third-order valence-corrected chi connectivity index (χ3v) is 3.37. The molecular weight excluding hydrogens is 299 g/mol. The Bertz CT molecular complexity index is 808. The van der Waals surface area contributed by atoms with Crippen LogP contribution in [-0.4, -0.2) is 20.6 Å². The van der Waals surface area contributed by atoms with Gasteiger partial charge in [-0.25, -0.2) is 4.39 Å². The van der Waals surface area contributed by atoms with Crippen LogP contribution < -0.4 is 5.32 Å². The van der Waals surface area contributed by atoms with E-state index >= 15 is 0 Å². The highest BCUT2D eigenvalue weighted by Crippen LogP contribution is 2.16. The van der Waals surface area contributed by atoms with Gasteiger partial charge >= 0.3 is 0 Å². The van der Waals surface area contributed by atoms with Crippen LogP contribution in [0.5, 0.6) is 0 Å². The number of hydrogen-bond acceptors (Lipinski definition) is 4. The molecule has 6 nitrogen and oxygen atoms in total. The van der Waals surface area contributed by atoms with Crippen LogP contribution in [0.2, 0.25) is 0 Å². The zero-order chi connectivity index (χ0) is 16.2. The van der Waals surface area contributed by atoms with Crippen molar-refractivity contribution < 1.29 is 13.7 Å². The second-order valence-corrected chi connectivity index (χ2v) is 4.88. The lowest BCUT2D eigenvalue weighted by Gasteiger charge is -2.02. The van der Waals surface area contributed by atoms with E-state index in [9.17, 15) is 9.18 Å². The van der Waals surface area contributed by atoms with E-state index in [0.29, 0.717) is 17.3 Å². The second kappa shape index (κ2) is 6.43. The third kappa shape index (κ3) is 3.28. The number of aryl methyl sites for hydroxylation is 1. The Morgan fingerprint density at radius 3 is 2.83 bits per heavy atom. The molecule has 0 atom stereocenters. The standard InChI is InChI=1S/C16H15FN4O2/c1-2-21-9-3-4-13(21)15-19-14(23-20-15)10-18-16(22)11-5-7-12(17)8-6-11/h3-9H,2,10H2,1H3,(H,18,22). The van der Waals surface area contributed by atoms with Crippen LogP contribution in [0.25, 0.3) is 11.5 Å². The minimum absolute atomic E-state index is 0.107. The molecule has 3 aromatic rings. The van der Waals surface area contributed by atoms with Crippen molar-refractivity contribution in [3.05, 3.63) is 59.9 Å². The maximum atomic E-state index is 12.8. The largest absolute Gasteiger partial charge is 0.345 e. The molecule has 0 saturated heterocycles. The Balaban J connectivity index is 1.65. The van der Waals surface area contributed by atoms with E-state index in [1.165, 1.54) is 24.3 Å². The van der Waals surface area contributed by atoms with Crippen LogP contribution >= 0.6 is 0 Å². The summed E-state index contributed by atoms with van der Waals surface area (Å²) >= 11 is 0. The van der Waals surface area contributed by atoms with Crippen LogP contribution in [0.1, 0.15) is 23.2 Å². The highest BCUT2D eigenvalue weighted by atomic mass is 19.1. The van der Waals surface area contributed by atoms with Gasteiger partial charge in [-0.1, -0.05) is 5.16 Å². The molecule has 1 aromatic carbocycles. The molecule has 1 N–H and O–H groups in total. The maximum absolute atomic E-state index is 12.8. The van der Waals surface area contributed by atoms with Crippen molar-refractivity contribution in [2.24, 2.45) is 0 Å². The highest BCUT2D eigenvalue weighted by molar-refractivity contribution is 5.94. The Hall–Kier alpha value is -2.96. The van der Waals surface area contributed by atoms with Crippen molar-refractivity contribution in [3.8, 4) is 11.5 Å². The predicted octanol–water partition coefficient (Wildman–Crippen LogP) is 2.63. The minimum Gasteiger partial charge on any atom is -0.345 e. The van der Waals surface area contributed by atoms with Crippen LogP contribution in [0, 0.1) is 5.82 Å². The fourth-order valence-electron chi connectivity index (χ4n) is 2.18. The molecule has 0 radical (unpaired) electrons. The number of nitrogens with zero attached hydrogens (tertiary/aromatic N) is 3. The molecule has 0 aliphatic carbocycles. The third-order valence-electron chi connectivity index (χ3n) is 3.37. The number of carbonyl (C=O) groups is 1. The van der Waals surface area contributed by atoms with E-state index in [-0.39, 0.29) is 18.3 Å². The molecule has 2 heterocycles. The molecule has 1 amide bonds. The molecular formula is C16H15FN4O2. The Morgan fingerprint density at radius 2 is 2.09 bits per heavy atom. The van der Waals surface area contributed by atoms with Crippen molar-refractivity contribution in [3.63, 3.8) is 0 Å². The van der Waals surface area contributed by atoms with E-state index in [1.54, 1.807) is 0 Å². The first-order valence-corrected chi connectivity index (χ1v) is 7.19. The second-order valence-electron chi connectivity index (χ2n) is 4.88. The summed E-state index contributed by atoms with van der Waals surface area (Å²) in [6.45, 7) is 2.93. The molecule has 0 spiro atoms. The van der Waals surface area contributed by atoms with Gasteiger partial charge in [0, 0.05) is 18.3 Å². The van der Waals surface area contributed by atoms with Crippen molar-refractivity contribution in [1.29, 1.82) is 0 Å². The normalized spacial score (nSPS) is 10.7. The summed E-state index contributed by atoms with van der Waals surface area (Å²) in [6.07, 6.45) is 1.93. The summed E-state index contributed by atoms with van der Waals surface area (Å²) in [5, 5.41) is 6.58. The number of amides is 1. The van der Waals surface area contributed by atoms with Crippen LogP contribution in [0.4, 0.5) is 4.39 Å². The molecule has 2 aromatic heterocycles. The zero-order valence-electron chi connectivity index (χ0n) is 12.5. The van der Waals surface area contributed by atoms with Gasteiger partial charge in [-0.15, -0.1) is 0 Å². The quantitative estimate of drug-likeness (QED) is 0.785. The van der Waals surface area contributed by atoms with Crippen molar-refractivity contribution in [2.75, 3.05) is 0 Å². The summed E-state index contributed by atoms with van der Waals surface area (Å²) in [6, 6.07) is 9.10. The minimum atomic E-state index is -0.387. The number of halogens is 1. The number of aromatic nitrogens is 3. The van der Waals surface area contributed by atoms with E-state index in [0.717, 1.165) is 12.2 Å². The highest BCUT2D eigenvalue weighted by Gasteiger charge is 2.13. The van der Waals surface area contributed by atoms with Gasteiger partial charge in [0.25, 0.3) is 5.91 Å². The van der Waals surface area contributed by atoms with Gasteiger partial charge in [-0.05, 0) is 43.3 Å². The summed E-state index contributed by atoms with van der Waals surface area (Å²) in [7, 11) is 0. The van der Waals surface area contributed by atoms with Crippen LogP contribution in [-0.2, 0) is 13.1 Å². The lowest BCUT2D eigenvalue weighted by atomic mass is 10.2. The zero-order valence-corrected chi connectivity index (χ0v) is 12.5. The van der Waals surface area contributed by atoms with E-state index < -0.39 is 0 Å². The molecule has 0 aliphatic heterocycles. The molecule has 0 bridgehead atoms. The molecule has 0 saturated carbocycles. The molecule has 0 fully saturated rings. The number of carbonyl (C=O) groups excluding carboxylic acids is 1. The van der Waals surface area contributed by atoms with Gasteiger partial charge in [-0.2, -0.15) is 4.98 Å². The first-order valence-electron chi connectivity index (χ1n) is 7.19. The van der Waals surface area contributed by atoms with Gasteiger partial charge in [0.05, 0.1) is 12.2 Å². The summed E-state index contributed by atoms with van der Waals surface area (Å²) in [5.41, 5.74) is 1.22. The van der Waals surface area contributed by atoms with Crippen molar-refractivity contribution >= 4 is 5.91 Å². The summed E-state index contributed by atoms with van der Waals surface area (Å²) in [4.78, 5) is 16.2. The maximum Gasteiger partial charge on any atom is 0.251 e. The van der Waals surface area contributed by atoms with E-state index in [4.69, 9.17) is 4.52 Å². The SMILES string of the molecule is CCn1cccc1-c1noc(CNC(=O)c2ccc(F)cc2)n1. The van der Waals surface area contributed by atoms with Gasteiger partial charge in [-0.3, -0.25) is 4.79 Å². The smallest absolute Gasteiger partial charge is 0.251 e. The lowest BCUT2D eigenvalue weighted by Crippen LogP contribution is -2.22. The van der Waals surface area contributed by atoms with Crippen molar-refractivity contribution in [1.82, 2.24) is 20.0 Å². The van der Waals surface area contributed by atoms with Gasteiger partial charge in [0.1, 0.15) is 5.82 Å². The van der Waals surface area contributed by atoms with E-state index in [1.807, 2.05) is 29.8 Å². The molecule has 0 unspecified atom stereocenters.